The van der Waals surface area contributed by atoms with Gasteiger partial charge in [-0.25, -0.2) is 0 Å². The van der Waals surface area contributed by atoms with E-state index in [9.17, 15) is 9.59 Å². The van der Waals surface area contributed by atoms with Gasteiger partial charge in [0.1, 0.15) is 17.3 Å². The second-order valence-corrected chi connectivity index (χ2v) is 6.20. The standard InChI is InChI=1S/C15H22N4O3/c1-16-13(20)12-7-22-15(8-18(12)3)9-19(10-15)14(21)11-5-4-6-17(11)2/h4-6,12H,7-10H2,1-3H3,(H,16,20)/t12-/m0/s1. The number of aryl methyl sites for hydroxylation is 1. The molecule has 1 spiro atoms. The molecule has 3 heterocycles. The lowest BCUT2D eigenvalue weighted by Gasteiger charge is -2.54. The highest BCUT2D eigenvalue weighted by Gasteiger charge is 2.51. The second-order valence-electron chi connectivity index (χ2n) is 6.20. The van der Waals surface area contributed by atoms with Crippen LogP contribution >= 0.6 is 0 Å². The van der Waals surface area contributed by atoms with Gasteiger partial charge in [-0.2, -0.15) is 0 Å². The van der Waals surface area contributed by atoms with Gasteiger partial charge in [0.05, 0.1) is 19.7 Å². The lowest BCUT2D eigenvalue weighted by Crippen LogP contribution is -2.73. The first-order valence-electron chi connectivity index (χ1n) is 7.42. The molecule has 0 saturated carbocycles. The third-order valence-electron chi connectivity index (χ3n) is 4.57. The molecule has 0 aromatic carbocycles. The van der Waals surface area contributed by atoms with Crippen LogP contribution in [0.1, 0.15) is 10.5 Å². The van der Waals surface area contributed by atoms with E-state index < -0.39 is 0 Å². The van der Waals surface area contributed by atoms with Crippen LogP contribution in [0.5, 0.6) is 0 Å². The molecule has 2 amide bonds. The molecule has 0 bridgehead atoms. The largest absolute Gasteiger partial charge is 0.368 e. The number of amides is 2. The van der Waals surface area contributed by atoms with Crippen molar-refractivity contribution in [3.63, 3.8) is 0 Å². The summed E-state index contributed by atoms with van der Waals surface area (Å²) in [6.45, 7) is 2.16. The van der Waals surface area contributed by atoms with Crippen LogP contribution in [-0.2, 0) is 16.6 Å². The molecule has 3 rings (SSSR count). The van der Waals surface area contributed by atoms with Crippen LogP contribution in [0.25, 0.3) is 0 Å². The van der Waals surface area contributed by atoms with E-state index in [1.807, 2.05) is 41.9 Å². The van der Waals surface area contributed by atoms with Crippen molar-refractivity contribution >= 4 is 11.8 Å². The lowest BCUT2D eigenvalue weighted by atomic mass is 9.90. The first-order chi connectivity index (χ1) is 10.5. The van der Waals surface area contributed by atoms with Crippen molar-refractivity contribution in [2.24, 2.45) is 7.05 Å². The quantitative estimate of drug-likeness (QED) is 0.784. The summed E-state index contributed by atoms with van der Waals surface area (Å²) in [7, 11) is 5.41. The Kier molecular flexibility index (Phi) is 3.70. The van der Waals surface area contributed by atoms with Gasteiger partial charge < -0.3 is 19.5 Å². The molecule has 1 aromatic heterocycles. The molecule has 2 saturated heterocycles. The number of carbonyl (C=O) groups excluding carboxylic acids is 2. The third-order valence-corrected chi connectivity index (χ3v) is 4.57. The van der Waals surface area contributed by atoms with Crippen molar-refractivity contribution in [1.82, 2.24) is 19.7 Å². The zero-order chi connectivity index (χ0) is 15.9. The van der Waals surface area contributed by atoms with Gasteiger partial charge in [-0.3, -0.25) is 14.5 Å². The number of aromatic nitrogens is 1. The Bertz CT molecular complexity index is 591. The van der Waals surface area contributed by atoms with Crippen molar-refractivity contribution in [2.45, 2.75) is 11.6 Å². The predicted octanol–water partition coefficient (Wildman–Crippen LogP) is -0.704. The van der Waals surface area contributed by atoms with E-state index in [0.717, 1.165) is 0 Å². The lowest BCUT2D eigenvalue weighted by molar-refractivity contribution is -0.187. The molecule has 2 aliphatic rings. The van der Waals surface area contributed by atoms with E-state index >= 15 is 0 Å². The fourth-order valence-corrected chi connectivity index (χ4v) is 3.27. The fraction of sp³-hybridized carbons (Fsp3) is 0.600. The van der Waals surface area contributed by atoms with Gasteiger partial charge in [-0.15, -0.1) is 0 Å². The molecule has 7 heteroatoms. The molecular formula is C15H22N4O3. The molecule has 0 radical (unpaired) electrons. The monoisotopic (exact) mass is 306 g/mol. The highest BCUT2D eigenvalue weighted by atomic mass is 16.5. The fourth-order valence-electron chi connectivity index (χ4n) is 3.27. The van der Waals surface area contributed by atoms with E-state index in [-0.39, 0.29) is 23.5 Å². The van der Waals surface area contributed by atoms with Gasteiger partial charge >= 0.3 is 0 Å². The third kappa shape index (κ3) is 2.40. The molecule has 22 heavy (non-hydrogen) atoms. The molecule has 0 unspecified atom stereocenters. The van der Waals surface area contributed by atoms with Gasteiger partial charge in [-0.05, 0) is 19.2 Å². The Morgan fingerprint density at radius 2 is 2.05 bits per heavy atom. The molecule has 7 nitrogen and oxygen atoms in total. The number of hydrogen-bond donors (Lipinski definition) is 1. The zero-order valence-electron chi connectivity index (χ0n) is 13.2. The highest BCUT2D eigenvalue weighted by Crippen LogP contribution is 2.31. The Balaban J connectivity index is 1.60. The summed E-state index contributed by atoms with van der Waals surface area (Å²) in [6, 6.07) is 3.43. The first-order valence-corrected chi connectivity index (χ1v) is 7.42. The van der Waals surface area contributed by atoms with Crippen molar-refractivity contribution in [1.29, 1.82) is 0 Å². The van der Waals surface area contributed by atoms with Gasteiger partial charge in [0.2, 0.25) is 5.91 Å². The van der Waals surface area contributed by atoms with Crippen molar-refractivity contribution < 1.29 is 14.3 Å². The molecule has 0 aliphatic carbocycles. The van der Waals surface area contributed by atoms with Crippen LogP contribution in [0, 0.1) is 0 Å². The van der Waals surface area contributed by atoms with Crippen LogP contribution < -0.4 is 5.32 Å². The molecular weight excluding hydrogens is 284 g/mol. The van der Waals surface area contributed by atoms with Gasteiger partial charge in [0.15, 0.2) is 0 Å². The summed E-state index contributed by atoms with van der Waals surface area (Å²) in [5, 5.41) is 2.65. The SMILES string of the molecule is CNC(=O)[C@@H]1COC2(CN(C(=O)c3cccn3C)C2)CN1C. The maximum Gasteiger partial charge on any atom is 0.270 e. The Morgan fingerprint density at radius 1 is 1.32 bits per heavy atom. The molecule has 120 valence electrons. The molecule has 1 N–H and O–H groups in total. The first kappa shape index (κ1) is 15.1. The summed E-state index contributed by atoms with van der Waals surface area (Å²) in [6.07, 6.45) is 1.86. The van der Waals surface area contributed by atoms with Crippen LogP contribution in [0.2, 0.25) is 0 Å². The van der Waals surface area contributed by atoms with E-state index in [2.05, 4.69) is 5.32 Å². The normalized spacial score (nSPS) is 24.1. The van der Waals surface area contributed by atoms with Crippen molar-refractivity contribution in [3.8, 4) is 0 Å². The predicted molar refractivity (Wildman–Crippen MR) is 80.5 cm³/mol. The maximum atomic E-state index is 12.4. The second kappa shape index (κ2) is 5.40. The van der Waals surface area contributed by atoms with Crippen LogP contribution in [0.15, 0.2) is 18.3 Å². The highest BCUT2D eigenvalue weighted by molar-refractivity contribution is 5.93. The van der Waals surface area contributed by atoms with E-state index in [1.165, 1.54) is 0 Å². The Morgan fingerprint density at radius 3 is 2.59 bits per heavy atom. The molecule has 2 fully saturated rings. The number of carbonyl (C=O) groups is 2. The summed E-state index contributed by atoms with van der Waals surface area (Å²) >= 11 is 0. The van der Waals surface area contributed by atoms with Gasteiger partial charge in [-0.1, -0.05) is 0 Å². The number of ether oxygens (including phenoxy) is 1. The summed E-state index contributed by atoms with van der Waals surface area (Å²) in [5.74, 6) is -0.00813. The number of rotatable bonds is 2. The van der Waals surface area contributed by atoms with Gasteiger partial charge in [0.25, 0.3) is 5.91 Å². The minimum absolute atomic E-state index is 0.0257. The summed E-state index contributed by atoms with van der Waals surface area (Å²) in [4.78, 5) is 28.0. The molecule has 1 aromatic rings. The average molecular weight is 306 g/mol. The molecule has 1 atom stereocenters. The number of nitrogens with one attached hydrogen (secondary N) is 1. The topological polar surface area (TPSA) is 66.8 Å². The van der Waals surface area contributed by atoms with Crippen LogP contribution in [-0.4, -0.2) is 78.2 Å². The van der Waals surface area contributed by atoms with E-state index in [0.29, 0.717) is 31.9 Å². The summed E-state index contributed by atoms with van der Waals surface area (Å²) < 4.78 is 7.75. The minimum atomic E-state index is -0.333. The van der Waals surface area contributed by atoms with E-state index in [1.54, 1.807) is 11.9 Å². The summed E-state index contributed by atoms with van der Waals surface area (Å²) in [5.41, 5.74) is 0.349. The number of likely N-dealkylation sites (N-methyl/N-ethyl adjacent to an activating group) is 2. The van der Waals surface area contributed by atoms with E-state index in [4.69, 9.17) is 4.74 Å². The number of likely N-dealkylation sites (tertiary alicyclic amines) is 1. The Labute approximate surface area is 129 Å². The van der Waals surface area contributed by atoms with Crippen LogP contribution in [0.3, 0.4) is 0 Å². The molecule has 2 aliphatic heterocycles. The number of morpholine rings is 1. The number of hydrogen-bond acceptors (Lipinski definition) is 4. The zero-order valence-corrected chi connectivity index (χ0v) is 13.2. The van der Waals surface area contributed by atoms with Gasteiger partial charge in [0, 0.05) is 26.8 Å². The van der Waals surface area contributed by atoms with Crippen molar-refractivity contribution in [3.05, 3.63) is 24.0 Å². The maximum absolute atomic E-state index is 12.4. The minimum Gasteiger partial charge on any atom is -0.368 e. The van der Waals surface area contributed by atoms with Crippen molar-refractivity contribution in [2.75, 3.05) is 40.3 Å². The number of nitrogens with zero attached hydrogens (tertiary/aromatic N) is 3. The Hall–Kier alpha value is -1.86. The van der Waals surface area contributed by atoms with Crippen LogP contribution in [0.4, 0.5) is 0 Å². The average Bonchev–Trinajstić information content (AvgIpc) is 2.89. The smallest absolute Gasteiger partial charge is 0.270 e.